The van der Waals surface area contributed by atoms with Gasteiger partial charge >= 0.3 is 6.03 Å². The Labute approximate surface area is 139 Å². The quantitative estimate of drug-likeness (QED) is 0.753. The first-order valence-corrected chi connectivity index (χ1v) is 8.15. The summed E-state index contributed by atoms with van der Waals surface area (Å²) in [5.41, 5.74) is 2.17. The molecule has 1 aromatic carbocycles. The number of H-pyrrole nitrogens is 1. The number of urea groups is 1. The third-order valence-electron chi connectivity index (χ3n) is 4.34. The first-order valence-electron chi connectivity index (χ1n) is 8.15. The Morgan fingerprint density at radius 1 is 1.42 bits per heavy atom. The van der Waals surface area contributed by atoms with Crippen molar-refractivity contribution in [3.63, 3.8) is 0 Å². The average molecular weight is 325 g/mol. The van der Waals surface area contributed by atoms with Gasteiger partial charge in [0.25, 0.3) is 0 Å². The highest BCUT2D eigenvalue weighted by atomic mass is 16.3. The normalized spacial score (nSPS) is 18.0. The molecule has 1 aliphatic heterocycles. The van der Waals surface area contributed by atoms with Gasteiger partial charge in [-0.3, -0.25) is 0 Å². The molecule has 124 valence electrons. The smallest absolute Gasteiger partial charge is 0.322 e. The average Bonchev–Trinajstić information content (AvgIpc) is 3.23. The van der Waals surface area contributed by atoms with Crippen LogP contribution in [0.4, 0.5) is 10.5 Å². The molecule has 0 saturated carbocycles. The number of benzene rings is 1. The lowest BCUT2D eigenvalue weighted by molar-refractivity contribution is 0.160. The maximum atomic E-state index is 12.7. The zero-order valence-corrected chi connectivity index (χ0v) is 13.5. The highest BCUT2D eigenvalue weighted by Gasteiger charge is 2.29. The van der Waals surface area contributed by atoms with Gasteiger partial charge in [0.1, 0.15) is 11.3 Å². The van der Waals surface area contributed by atoms with Crippen molar-refractivity contribution >= 4 is 22.8 Å². The number of amides is 2. The third-order valence-corrected chi connectivity index (χ3v) is 4.34. The van der Waals surface area contributed by atoms with Crippen LogP contribution in [-0.4, -0.2) is 32.4 Å². The Hall–Kier alpha value is -2.83. The predicted octanol–water partition coefficient (Wildman–Crippen LogP) is 3.62. The molecule has 1 atom stereocenters. The van der Waals surface area contributed by atoms with Crippen molar-refractivity contribution in [2.45, 2.75) is 32.2 Å². The van der Waals surface area contributed by atoms with Crippen LogP contribution in [0.3, 0.4) is 0 Å². The summed E-state index contributed by atoms with van der Waals surface area (Å²) in [7, 11) is 0. The Morgan fingerprint density at radius 3 is 3.17 bits per heavy atom. The summed E-state index contributed by atoms with van der Waals surface area (Å²) in [6, 6.07) is 5.36. The van der Waals surface area contributed by atoms with Crippen LogP contribution in [0.1, 0.15) is 37.0 Å². The van der Waals surface area contributed by atoms with E-state index in [1.54, 1.807) is 19.3 Å². The number of aromatic nitrogens is 3. The van der Waals surface area contributed by atoms with Crippen LogP contribution in [-0.2, 0) is 0 Å². The number of carbonyl (C=O) groups is 1. The van der Waals surface area contributed by atoms with Gasteiger partial charge in [-0.15, -0.1) is 0 Å². The Balaban J connectivity index is 1.54. The lowest BCUT2D eigenvalue weighted by atomic mass is 10.0. The number of aromatic amines is 1. The van der Waals surface area contributed by atoms with Gasteiger partial charge in [0, 0.05) is 31.5 Å². The molecular formula is C17H19N5O2. The maximum absolute atomic E-state index is 12.7. The number of hydrogen-bond acceptors (Lipinski definition) is 4. The van der Waals surface area contributed by atoms with Crippen molar-refractivity contribution in [1.82, 2.24) is 19.9 Å². The molecule has 1 saturated heterocycles. The Morgan fingerprint density at radius 2 is 2.33 bits per heavy atom. The van der Waals surface area contributed by atoms with E-state index in [-0.39, 0.29) is 12.1 Å². The molecule has 2 amide bonds. The van der Waals surface area contributed by atoms with Crippen molar-refractivity contribution in [3.05, 3.63) is 42.3 Å². The highest BCUT2D eigenvalue weighted by molar-refractivity contribution is 5.92. The van der Waals surface area contributed by atoms with Crippen molar-refractivity contribution < 1.29 is 9.21 Å². The Bertz CT molecular complexity index is 855. The molecule has 0 spiro atoms. The summed E-state index contributed by atoms with van der Waals surface area (Å²) < 4.78 is 5.46. The number of nitrogens with zero attached hydrogens (tertiary/aromatic N) is 3. The van der Waals surface area contributed by atoms with Crippen LogP contribution < -0.4 is 5.32 Å². The molecule has 1 aliphatic rings. The zero-order valence-electron chi connectivity index (χ0n) is 13.5. The largest absolute Gasteiger partial charge is 0.441 e. The molecule has 2 N–H and O–H groups in total. The first kappa shape index (κ1) is 14.7. The summed E-state index contributed by atoms with van der Waals surface area (Å²) in [6.07, 6.45) is 6.54. The summed E-state index contributed by atoms with van der Waals surface area (Å²) in [4.78, 5) is 26.3. The molecular weight excluding hydrogens is 306 g/mol. The highest BCUT2D eigenvalue weighted by Crippen LogP contribution is 2.29. The summed E-state index contributed by atoms with van der Waals surface area (Å²) in [5.74, 6) is 1.45. The van der Waals surface area contributed by atoms with E-state index >= 15 is 0 Å². The molecule has 3 heterocycles. The van der Waals surface area contributed by atoms with Crippen LogP contribution in [0, 0.1) is 6.92 Å². The van der Waals surface area contributed by atoms with Crippen LogP contribution in [0.15, 0.2) is 35.0 Å². The minimum atomic E-state index is -0.115. The Kier molecular flexibility index (Phi) is 3.68. The molecule has 1 fully saturated rings. The molecule has 0 bridgehead atoms. The minimum Gasteiger partial charge on any atom is -0.441 e. The van der Waals surface area contributed by atoms with Gasteiger partial charge in [0.15, 0.2) is 11.5 Å². The second-order valence-corrected chi connectivity index (χ2v) is 6.02. The van der Waals surface area contributed by atoms with E-state index < -0.39 is 0 Å². The van der Waals surface area contributed by atoms with Crippen molar-refractivity contribution in [2.75, 3.05) is 11.9 Å². The van der Waals surface area contributed by atoms with Gasteiger partial charge < -0.3 is 19.6 Å². The van der Waals surface area contributed by atoms with Crippen LogP contribution in [0.25, 0.3) is 11.1 Å². The minimum absolute atomic E-state index is 0.00761. The van der Waals surface area contributed by atoms with E-state index in [4.69, 9.17) is 4.42 Å². The number of aryl methyl sites for hydroxylation is 1. The number of piperidine rings is 1. The number of hydrogen-bond donors (Lipinski definition) is 2. The van der Waals surface area contributed by atoms with E-state index in [0.29, 0.717) is 11.6 Å². The molecule has 0 aliphatic carbocycles. The van der Waals surface area contributed by atoms with Gasteiger partial charge in [-0.2, -0.15) is 0 Å². The summed E-state index contributed by atoms with van der Waals surface area (Å²) >= 11 is 0. The van der Waals surface area contributed by atoms with Crippen LogP contribution in [0.2, 0.25) is 0 Å². The van der Waals surface area contributed by atoms with Crippen molar-refractivity contribution in [3.8, 4) is 0 Å². The molecule has 1 unspecified atom stereocenters. The SMILES string of the molecule is Cc1nc2cc(NC(=O)N3CCCCC3c3ncc[nH]3)ccc2o1. The summed E-state index contributed by atoms with van der Waals surface area (Å²) in [6.45, 7) is 2.53. The van der Waals surface area contributed by atoms with Gasteiger partial charge in [0.05, 0.1) is 6.04 Å². The van der Waals surface area contributed by atoms with Crippen LogP contribution in [0.5, 0.6) is 0 Å². The first-order chi connectivity index (χ1) is 11.7. The number of fused-ring (bicyclic) bond motifs is 1. The molecule has 3 aromatic rings. The van der Waals surface area contributed by atoms with Crippen molar-refractivity contribution in [2.24, 2.45) is 0 Å². The second kappa shape index (κ2) is 5.99. The number of rotatable bonds is 2. The van der Waals surface area contributed by atoms with E-state index in [0.717, 1.165) is 42.7 Å². The lowest BCUT2D eigenvalue weighted by Gasteiger charge is -2.34. The third kappa shape index (κ3) is 2.73. The second-order valence-electron chi connectivity index (χ2n) is 6.02. The standard InChI is InChI=1S/C17H19N5O2/c1-11-20-13-10-12(5-6-15(13)24-11)21-17(23)22-9-3-2-4-14(22)16-18-7-8-19-16/h5-8,10,14H,2-4,9H2,1H3,(H,18,19)(H,21,23). The lowest BCUT2D eigenvalue weighted by Crippen LogP contribution is -2.41. The molecule has 0 radical (unpaired) electrons. The number of anilines is 1. The van der Waals surface area contributed by atoms with Gasteiger partial charge in [-0.25, -0.2) is 14.8 Å². The topological polar surface area (TPSA) is 87.0 Å². The fourth-order valence-electron chi connectivity index (χ4n) is 3.23. The van der Waals surface area contributed by atoms with E-state index in [2.05, 4.69) is 20.3 Å². The zero-order chi connectivity index (χ0) is 16.5. The van der Waals surface area contributed by atoms with E-state index in [9.17, 15) is 4.79 Å². The molecule has 7 heteroatoms. The molecule has 2 aromatic heterocycles. The number of likely N-dealkylation sites (tertiary alicyclic amines) is 1. The van der Waals surface area contributed by atoms with Crippen LogP contribution >= 0.6 is 0 Å². The fourth-order valence-corrected chi connectivity index (χ4v) is 3.23. The van der Waals surface area contributed by atoms with Gasteiger partial charge in [-0.1, -0.05) is 0 Å². The van der Waals surface area contributed by atoms with E-state index in [1.807, 2.05) is 23.1 Å². The number of carbonyl (C=O) groups excluding carboxylic acids is 1. The monoisotopic (exact) mass is 325 g/mol. The number of imidazole rings is 1. The molecule has 24 heavy (non-hydrogen) atoms. The number of nitrogens with one attached hydrogen (secondary N) is 2. The van der Waals surface area contributed by atoms with Gasteiger partial charge in [-0.05, 0) is 37.5 Å². The van der Waals surface area contributed by atoms with E-state index in [1.165, 1.54) is 0 Å². The molecule has 7 nitrogen and oxygen atoms in total. The molecule has 4 rings (SSSR count). The van der Waals surface area contributed by atoms with Crippen molar-refractivity contribution in [1.29, 1.82) is 0 Å². The maximum Gasteiger partial charge on any atom is 0.322 e. The summed E-state index contributed by atoms with van der Waals surface area (Å²) in [5, 5.41) is 2.97. The number of oxazole rings is 1. The van der Waals surface area contributed by atoms with Gasteiger partial charge in [0.2, 0.25) is 0 Å². The fraction of sp³-hybridized carbons (Fsp3) is 0.353. The predicted molar refractivity (Wildman–Crippen MR) is 89.7 cm³/mol.